The fourth-order valence-electron chi connectivity index (χ4n) is 0.282. The molecule has 0 saturated heterocycles. The molecule has 0 aliphatic rings. The maximum atomic E-state index is 10.5. The van der Waals surface area contributed by atoms with Crippen molar-refractivity contribution >= 4 is 13.1 Å². The summed E-state index contributed by atoms with van der Waals surface area (Å²) in [4.78, 5) is 19.0. The van der Waals surface area contributed by atoms with Crippen molar-refractivity contribution in [2.45, 2.75) is 6.92 Å². The van der Waals surface area contributed by atoms with Crippen molar-refractivity contribution in [1.82, 2.24) is 0 Å². The fraction of sp³-hybridized carbons (Fsp3) is 0.750. The molecule has 6 heteroatoms. The van der Waals surface area contributed by atoms with Gasteiger partial charge in [0.05, 0.1) is 6.61 Å². The quantitative estimate of drug-likeness (QED) is 0.594. The molecular weight excluding hydrogens is 159 g/mol. The minimum Gasteiger partial charge on any atom is -0.459 e. The van der Waals surface area contributed by atoms with Gasteiger partial charge in [-0.3, -0.25) is 4.57 Å². The Bertz CT molecular complexity index is 165. The van der Waals surface area contributed by atoms with E-state index in [0.717, 1.165) is 0 Å². The van der Waals surface area contributed by atoms with E-state index >= 15 is 0 Å². The summed E-state index contributed by atoms with van der Waals surface area (Å²) in [5.74, 6) is 0. The van der Waals surface area contributed by atoms with Crippen molar-refractivity contribution < 1.29 is 24.1 Å². The Morgan fingerprint density at radius 2 is 2.20 bits per heavy atom. The van der Waals surface area contributed by atoms with Gasteiger partial charge in [0.2, 0.25) is 0 Å². The van der Waals surface area contributed by atoms with Crippen molar-refractivity contribution in [3.63, 3.8) is 0 Å². The molecule has 0 spiro atoms. The number of carbonyl (C=O) groups is 1. The van der Waals surface area contributed by atoms with Crippen molar-refractivity contribution in [3.05, 3.63) is 0 Å². The van der Waals surface area contributed by atoms with Gasteiger partial charge in [0, 0.05) is 0 Å². The van der Waals surface area contributed by atoms with Crippen LogP contribution < -0.4 is 0 Å². The Balaban J connectivity index is 4.06. The molecular formula is C4H9O5P. The number of aliphatic hydroxyl groups is 1. The van der Waals surface area contributed by atoms with Crippen LogP contribution in [0.2, 0.25) is 0 Å². The first-order valence-electron chi connectivity index (χ1n) is 2.64. The highest BCUT2D eigenvalue weighted by molar-refractivity contribution is 7.74. The third-order valence-corrected chi connectivity index (χ3v) is 1.83. The minimum absolute atomic E-state index is 0.0311. The van der Waals surface area contributed by atoms with E-state index in [0.29, 0.717) is 0 Å². The zero-order valence-corrected chi connectivity index (χ0v) is 6.38. The molecule has 0 heterocycles. The SMILES string of the molecule is CCOC(=O)P(=O)(O)CO. The highest BCUT2D eigenvalue weighted by atomic mass is 31.2. The van der Waals surface area contributed by atoms with E-state index in [-0.39, 0.29) is 6.61 Å². The summed E-state index contributed by atoms with van der Waals surface area (Å²) in [5, 5.41) is 8.18. The maximum absolute atomic E-state index is 10.5. The van der Waals surface area contributed by atoms with Crippen molar-refractivity contribution in [2.24, 2.45) is 0 Å². The van der Waals surface area contributed by atoms with Gasteiger partial charge in [0.25, 0.3) is 0 Å². The number of carbonyl (C=O) groups excluding carboxylic acids is 1. The first-order valence-corrected chi connectivity index (χ1v) is 4.49. The number of rotatable bonds is 3. The second-order valence-electron chi connectivity index (χ2n) is 1.54. The number of aliphatic hydroxyl groups excluding tert-OH is 1. The van der Waals surface area contributed by atoms with Crippen molar-refractivity contribution in [1.29, 1.82) is 0 Å². The summed E-state index contributed by atoms with van der Waals surface area (Å²) in [6.45, 7) is 1.54. The summed E-state index contributed by atoms with van der Waals surface area (Å²) < 4.78 is 14.7. The van der Waals surface area contributed by atoms with Crippen LogP contribution in [0.4, 0.5) is 4.79 Å². The lowest BCUT2D eigenvalue weighted by atomic mass is 10.9. The summed E-state index contributed by atoms with van der Waals surface area (Å²) in [7, 11) is -4.09. The Morgan fingerprint density at radius 3 is 2.50 bits per heavy atom. The summed E-state index contributed by atoms with van der Waals surface area (Å²) in [6, 6.07) is 0. The first-order chi connectivity index (χ1) is 4.54. The Labute approximate surface area is 58.1 Å². The molecule has 0 aromatic heterocycles. The molecule has 0 aromatic rings. The molecule has 0 aliphatic heterocycles. The molecule has 0 radical (unpaired) electrons. The van der Waals surface area contributed by atoms with Crippen LogP contribution in [0.5, 0.6) is 0 Å². The highest BCUT2D eigenvalue weighted by Crippen LogP contribution is 2.40. The van der Waals surface area contributed by atoms with Crippen LogP contribution >= 0.6 is 7.37 Å². The molecule has 1 atom stereocenters. The van der Waals surface area contributed by atoms with Gasteiger partial charge in [-0.15, -0.1) is 0 Å². The third kappa shape index (κ3) is 2.47. The van der Waals surface area contributed by atoms with Gasteiger partial charge in [0.1, 0.15) is 6.35 Å². The largest absolute Gasteiger partial charge is 0.459 e. The lowest BCUT2D eigenvalue weighted by Gasteiger charge is -2.05. The number of hydrogen-bond donors (Lipinski definition) is 2. The van der Waals surface area contributed by atoms with E-state index in [4.69, 9.17) is 10.00 Å². The monoisotopic (exact) mass is 168 g/mol. The lowest BCUT2D eigenvalue weighted by Crippen LogP contribution is -2.04. The Hall–Kier alpha value is -0.380. The maximum Gasteiger partial charge on any atom is 0.393 e. The van der Waals surface area contributed by atoms with Crippen molar-refractivity contribution in [2.75, 3.05) is 13.0 Å². The smallest absolute Gasteiger partial charge is 0.393 e. The van der Waals surface area contributed by atoms with E-state index in [9.17, 15) is 9.36 Å². The number of hydrogen-bond acceptors (Lipinski definition) is 4. The number of ether oxygens (including phenoxy) is 1. The molecule has 0 fully saturated rings. The Kier molecular flexibility index (Phi) is 3.57. The average Bonchev–Trinajstić information content (AvgIpc) is 1.89. The van der Waals surface area contributed by atoms with E-state index in [1.165, 1.54) is 6.92 Å². The molecule has 0 rings (SSSR count). The van der Waals surface area contributed by atoms with E-state index in [1.807, 2.05) is 0 Å². The zero-order chi connectivity index (χ0) is 8.20. The molecule has 1 unspecified atom stereocenters. The normalized spacial score (nSPS) is 15.9. The standard InChI is InChI=1S/C4H9O5P/c1-2-9-4(6)10(7,8)3-5/h5H,2-3H2,1H3,(H,7,8). The minimum atomic E-state index is -4.09. The lowest BCUT2D eigenvalue weighted by molar-refractivity contribution is 0.172. The van der Waals surface area contributed by atoms with Gasteiger partial charge < -0.3 is 14.7 Å². The predicted octanol–water partition coefficient (Wildman–Crippen LogP) is 0.363. The van der Waals surface area contributed by atoms with Gasteiger partial charge in [-0.05, 0) is 6.92 Å². The molecule has 0 bridgehead atoms. The van der Waals surface area contributed by atoms with Crippen LogP contribution in [-0.4, -0.2) is 28.7 Å². The molecule has 0 saturated carbocycles. The zero-order valence-electron chi connectivity index (χ0n) is 5.48. The molecule has 5 nitrogen and oxygen atoms in total. The Morgan fingerprint density at radius 1 is 1.70 bits per heavy atom. The van der Waals surface area contributed by atoms with Crippen LogP contribution in [-0.2, 0) is 9.30 Å². The molecule has 60 valence electrons. The summed E-state index contributed by atoms with van der Waals surface area (Å²) in [6.07, 6.45) is -1.06. The average molecular weight is 168 g/mol. The van der Waals surface area contributed by atoms with Crippen LogP contribution in [0.25, 0.3) is 0 Å². The van der Waals surface area contributed by atoms with Gasteiger partial charge in [-0.1, -0.05) is 0 Å². The van der Waals surface area contributed by atoms with Crippen LogP contribution in [0, 0.1) is 0 Å². The van der Waals surface area contributed by atoms with Crippen LogP contribution in [0.1, 0.15) is 6.92 Å². The second-order valence-corrected chi connectivity index (χ2v) is 3.59. The highest BCUT2D eigenvalue weighted by Gasteiger charge is 2.29. The van der Waals surface area contributed by atoms with E-state index < -0.39 is 19.4 Å². The summed E-state index contributed by atoms with van der Waals surface area (Å²) in [5.41, 5.74) is -1.24. The third-order valence-electron chi connectivity index (χ3n) is 0.745. The van der Waals surface area contributed by atoms with Crippen molar-refractivity contribution in [3.8, 4) is 0 Å². The van der Waals surface area contributed by atoms with Crippen LogP contribution in [0.3, 0.4) is 0 Å². The first kappa shape index (κ1) is 9.62. The van der Waals surface area contributed by atoms with Gasteiger partial charge >= 0.3 is 13.1 Å². The van der Waals surface area contributed by atoms with E-state index in [1.54, 1.807) is 0 Å². The van der Waals surface area contributed by atoms with E-state index in [2.05, 4.69) is 4.74 Å². The fourth-order valence-corrected chi connectivity index (χ4v) is 0.728. The van der Waals surface area contributed by atoms with Gasteiger partial charge in [0.15, 0.2) is 0 Å². The molecule has 0 amide bonds. The van der Waals surface area contributed by atoms with Crippen LogP contribution in [0.15, 0.2) is 0 Å². The molecule has 2 N–H and O–H groups in total. The molecule has 0 aliphatic carbocycles. The second kappa shape index (κ2) is 3.71. The predicted molar refractivity (Wildman–Crippen MR) is 33.9 cm³/mol. The van der Waals surface area contributed by atoms with Gasteiger partial charge in [-0.25, -0.2) is 4.79 Å². The summed E-state index contributed by atoms with van der Waals surface area (Å²) >= 11 is 0. The van der Waals surface area contributed by atoms with Gasteiger partial charge in [-0.2, -0.15) is 0 Å². The molecule has 10 heavy (non-hydrogen) atoms. The molecule has 0 aromatic carbocycles. The topological polar surface area (TPSA) is 83.8 Å².